The summed E-state index contributed by atoms with van der Waals surface area (Å²) in [5.74, 6) is 0. The molecule has 0 aliphatic carbocycles. The van der Waals surface area contributed by atoms with E-state index in [2.05, 4.69) is 0 Å². The molecule has 0 aromatic carbocycles. The Bertz CT molecular complexity index is 167. The summed E-state index contributed by atoms with van der Waals surface area (Å²) in [6.45, 7) is 0.458. The zero-order valence-corrected chi connectivity index (χ0v) is 7.67. The van der Waals surface area contributed by atoms with Gasteiger partial charge in [0.25, 0.3) is 0 Å². The maximum absolute atomic E-state index is 9.80. The van der Waals surface area contributed by atoms with Gasteiger partial charge < -0.3 is 24.1 Å². The maximum Gasteiger partial charge on any atom is 0.187 e. The van der Waals surface area contributed by atoms with E-state index in [0.717, 1.165) is 0 Å². The van der Waals surface area contributed by atoms with Gasteiger partial charge >= 0.3 is 0 Å². The highest BCUT2D eigenvalue weighted by atomic mass is 16.8. The summed E-state index contributed by atoms with van der Waals surface area (Å²) in [6, 6.07) is 0. The maximum atomic E-state index is 9.80. The van der Waals surface area contributed by atoms with Crippen molar-refractivity contribution in [3.63, 3.8) is 0 Å². The van der Waals surface area contributed by atoms with E-state index in [1.54, 1.807) is 7.11 Å². The fourth-order valence-electron chi connectivity index (χ4n) is 1.89. The Kier molecular flexibility index (Phi) is 2.53. The van der Waals surface area contributed by atoms with Crippen molar-refractivity contribution in [2.45, 2.75) is 30.7 Å². The summed E-state index contributed by atoms with van der Waals surface area (Å²) in [7, 11) is 3.06. The predicted molar refractivity (Wildman–Crippen MR) is 42.2 cm³/mol. The molecule has 0 aromatic rings. The molecule has 2 aliphatic rings. The van der Waals surface area contributed by atoms with Crippen molar-refractivity contribution in [3.05, 3.63) is 0 Å². The first kappa shape index (κ1) is 9.36. The van der Waals surface area contributed by atoms with Crippen molar-refractivity contribution < 1.29 is 24.1 Å². The minimum absolute atomic E-state index is 0.170. The number of hydrogen-bond donors (Lipinski definition) is 1. The van der Waals surface area contributed by atoms with Crippen LogP contribution in [-0.2, 0) is 18.9 Å². The van der Waals surface area contributed by atoms with Crippen LogP contribution in [0.25, 0.3) is 0 Å². The molecule has 2 rings (SSSR count). The van der Waals surface area contributed by atoms with Crippen LogP contribution in [-0.4, -0.2) is 56.6 Å². The Labute approximate surface area is 76.5 Å². The summed E-state index contributed by atoms with van der Waals surface area (Å²) >= 11 is 0. The van der Waals surface area contributed by atoms with Gasteiger partial charge in [-0.15, -0.1) is 0 Å². The summed E-state index contributed by atoms with van der Waals surface area (Å²) < 4.78 is 21.0. The van der Waals surface area contributed by atoms with Crippen LogP contribution in [0.3, 0.4) is 0 Å². The lowest BCUT2D eigenvalue weighted by Crippen LogP contribution is -2.55. The van der Waals surface area contributed by atoms with E-state index in [-0.39, 0.29) is 12.2 Å². The third-order valence-corrected chi connectivity index (χ3v) is 2.59. The highest BCUT2D eigenvalue weighted by Gasteiger charge is 2.50. The second-order valence-corrected chi connectivity index (χ2v) is 3.27. The van der Waals surface area contributed by atoms with Crippen LogP contribution in [0.15, 0.2) is 0 Å². The second kappa shape index (κ2) is 3.51. The zero-order chi connectivity index (χ0) is 9.42. The second-order valence-electron chi connectivity index (χ2n) is 3.27. The minimum atomic E-state index is -0.679. The Morgan fingerprint density at radius 1 is 1.23 bits per heavy atom. The first-order chi connectivity index (χ1) is 6.27. The van der Waals surface area contributed by atoms with Crippen molar-refractivity contribution in [2.75, 3.05) is 20.8 Å². The fraction of sp³-hybridized carbons (Fsp3) is 1.00. The third kappa shape index (κ3) is 1.37. The van der Waals surface area contributed by atoms with E-state index in [1.807, 2.05) is 0 Å². The van der Waals surface area contributed by atoms with Crippen LogP contribution < -0.4 is 0 Å². The average Bonchev–Trinajstić information content (AvgIpc) is 2.52. The molecule has 0 aromatic heterocycles. The van der Waals surface area contributed by atoms with Gasteiger partial charge in [0.05, 0.1) is 6.61 Å². The van der Waals surface area contributed by atoms with Gasteiger partial charge in [0, 0.05) is 14.2 Å². The van der Waals surface area contributed by atoms with E-state index in [0.29, 0.717) is 6.61 Å². The number of methoxy groups -OCH3 is 2. The molecule has 76 valence electrons. The van der Waals surface area contributed by atoms with E-state index >= 15 is 0 Å². The Morgan fingerprint density at radius 2 is 1.92 bits per heavy atom. The van der Waals surface area contributed by atoms with Crippen LogP contribution in [0.4, 0.5) is 0 Å². The zero-order valence-electron chi connectivity index (χ0n) is 7.67. The monoisotopic (exact) mass is 190 g/mol. The van der Waals surface area contributed by atoms with Crippen LogP contribution in [0, 0.1) is 0 Å². The molecule has 0 amide bonds. The quantitative estimate of drug-likeness (QED) is 0.613. The summed E-state index contributed by atoms with van der Waals surface area (Å²) in [5, 5.41) is 9.80. The highest BCUT2D eigenvalue weighted by Crippen LogP contribution is 2.30. The van der Waals surface area contributed by atoms with Crippen LogP contribution in [0.5, 0.6) is 0 Å². The topological polar surface area (TPSA) is 57.2 Å². The molecule has 2 saturated heterocycles. The van der Waals surface area contributed by atoms with Crippen molar-refractivity contribution in [2.24, 2.45) is 0 Å². The minimum Gasteiger partial charge on any atom is -0.387 e. The Hall–Kier alpha value is -0.200. The van der Waals surface area contributed by atoms with Crippen LogP contribution in [0.1, 0.15) is 0 Å². The molecule has 0 spiro atoms. The largest absolute Gasteiger partial charge is 0.387 e. The van der Waals surface area contributed by atoms with E-state index in [4.69, 9.17) is 18.9 Å². The van der Waals surface area contributed by atoms with Crippen molar-refractivity contribution in [1.29, 1.82) is 0 Å². The molecular weight excluding hydrogens is 176 g/mol. The molecule has 2 fully saturated rings. The van der Waals surface area contributed by atoms with Crippen LogP contribution >= 0.6 is 0 Å². The Morgan fingerprint density at radius 3 is 2.54 bits per heavy atom. The number of aliphatic hydroxyl groups excluding tert-OH is 1. The van der Waals surface area contributed by atoms with E-state index < -0.39 is 18.5 Å². The molecule has 5 nitrogen and oxygen atoms in total. The molecule has 2 bridgehead atoms. The number of ether oxygens (including phenoxy) is 4. The molecule has 2 heterocycles. The normalized spacial score (nSPS) is 49.6. The van der Waals surface area contributed by atoms with Gasteiger partial charge in [0.15, 0.2) is 6.29 Å². The molecule has 1 N–H and O–H groups in total. The fourth-order valence-corrected chi connectivity index (χ4v) is 1.89. The molecule has 5 heteroatoms. The molecule has 0 saturated carbocycles. The van der Waals surface area contributed by atoms with Crippen molar-refractivity contribution in [3.8, 4) is 0 Å². The molecule has 5 atom stereocenters. The molecular formula is C8H14O5. The Balaban J connectivity index is 2.14. The molecule has 13 heavy (non-hydrogen) atoms. The average molecular weight is 190 g/mol. The van der Waals surface area contributed by atoms with Gasteiger partial charge in [-0.1, -0.05) is 0 Å². The number of aliphatic hydroxyl groups is 1. The first-order valence-corrected chi connectivity index (χ1v) is 4.28. The van der Waals surface area contributed by atoms with Crippen LogP contribution in [0.2, 0.25) is 0 Å². The number of hydrogen-bond acceptors (Lipinski definition) is 5. The smallest absolute Gasteiger partial charge is 0.187 e. The SMILES string of the molecule is CO[C@H]1[C@@H]2OC[C@@H](O2)[C@@H](OC)[C@@H]1O. The van der Waals surface area contributed by atoms with Gasteiger partial charge in [-0.05, 0) is 0 Å². The summed E-state index contributed by atoms with van der Waals surface area (Å²) in [6.07, 6.45) is -2.11. The lowest BCUT2D eigenvalue weighted by Gasteiger charge is -2.36. The first-order valence-electron chi connectivity index (χ1n) is 4.28. The lowest BCUT2D eigenvalue weighted by molar-refractivity contribution is -0.240. The standard InChI is InChI=1S/C8H14O5/c1-10-6-4-3-12-8(13-4)7(11-2)5(6)9/h4-9H,3H2,1-2H3/t4-,5+,6-,7-,8-/m1/s1. The molecule has 0 radical (unpaired) electrons. The number of rotatable bonds is 2. The predicted octanol–water partition coefficient (Wildman–Crippen LogP) is -0.868. The lowest BCUT2D eigenvalue weighted by atomic mass is 10.0. The highest BCUT2D eigenvalue weighted by molar-refractivity contribution is 4.94. The number of fused-ring (bicyclic) bond motifs is 2. The van der Waals surface area contributed by atoms with Crippen molar-refractivity contribution >= 4 is 0 Å². The van der Waals surface area contributed by atoms with Gasteiger partial charge in [-0.3, -0.25) is 0 Å². The van der Waals surface area contributed by atoms with E-state index in [9.17, 15) is 5.11 Å². The van der Waals surface area contributed by atoms with Gasteiger partial charge in [-0.25, -0.2) is 0 Å². The van der Waals surface area contributed by atoms with Gasteiger partial charge in [-0.2, -0.15) is 0 Å². The third-order valence-electron chi connectivity index (χ3n) is 2.59. The van der Waals surface area contributed by atoms with E-state index in [1.165, 1.54) is 7.11 Å². The summed E-state index contributed by atoms with van der Waals surface area (Å²) in [5.41, 5.74) is 0. The molecule has 0 unspecified atom stereocenters. The van der Waals surface area contributed by atoms with Gasteiger partial charge in [0.1, 0.15) is 24.4 Å². The molecule has 2 aliphatic heterocycles. The summed E-state index contributed by atoms with van der Waals surface area (Å²) in [4.78, 5) is 0. The van der Waals surface area contributed by atoms with Gasteiger partial charge in [0.2, 0.25) is 0 Å². The van der Waals surface area contributed by atoms with Crippen molar-refractivity contribution in [1.82, 2.24) is 0 Å².